The van der Waals surface area contributed by atoms with Gasteiger partial charge < -0.3 is 9.47 Å². The average molecular weight is 375 g/mol. The molecule has 0 spiro atoms. The molecule has 0 aliphatic carbocycles. The lowest BCUT2D eigenvalue weighted by atomic mass is 10.1. The minimum Gasteiger partial charge on any atom is -0.490 e. The molecule has 26 heavy (non-hydrogen) atoms. The zero-order valence-corrected chi connectivity index (χ0v) is 15.8. The molecule has 0 radical (unpaired) electrons. The number of hydrogen-bond donors (Lipinski definition) is 1. The molecule has 0 atom stereocenters. The lowest BCUT2D eigenvalue weighted by Crippen LogP contribution is -2.13. The molecule has 0 amide bonds. The molecule has 1 aliphatic heterocycles. The number of benzene rings is 2. The van der Waals surface area contributed by atoms with Gasteiger partial charge in [0.2, 0.25) is 0 Å². The number of fused-ring (bicyclic) bond motifs is 1. The molecule has 3 rings (SSSR count). The van der Waals surface area contributed by atoms with E-state index in [1.165, 1.54) is 30.5 Å². The van der Waals surface area contributed by atoms with E-state index >= 15 is 0 Å². The van der Waals surface area contributed by atoms with Crippen molar-refractivity contribution in [2.45, 2.75) is 43.9 Å². The summed E-state index contributed by atoms with van der Waals surface area (Å²) in [5.41, 5.74) is 1.77. The van der Waals surface area contributed by atoms with Crippen molar-refractivity contribution in [3.05, 3.63) is 48.0 Å². The summed E-state index contributed by atoms with van der Waals surface area (Å²) >= 11 is 0. The van der Waals surface area contributed by atoms with Crippen LogP contribution >= 0.6 is 0 Å². The summed E-state index contributed by atoms with van der Waals surface area (Å²) in [5, 5.41) is 0. The average Bonchev–Trinajstić information content (AvgIpc) is 2.88. The summed E-state index contributed by atoms with van der Waals surface area (Å²) in [6, 6.07) is 12.3. The summed E-state index contributed by atoms with van der Waals surface area (Å²) in [6.07, 6.45) is 5.34. The normalized spacial score (nSPS) is 13.9. The number of anilines is 1. The Bertz CT molecular complexity index is 831. The number of sulfonamides is 1. The SMILES string of the molecule is CCCCCc1ccc(NS(=O)(=O)c2ccc3c(c2)OCCCO3)cc1. The first-order chi connectivity index (χ1) is 12.6. The highest BCUT2D eigenvalue weighted by molar-refractivity contribution is 7.92. The van der Waals surface area contributed by atoms with E-state index in [1.54, 1.807) is 6.07 Å². The first kappa shape index (κ1) is 18.6. The van der Waals surface area contributed by atoms with Gasteiger partial charge in [0, 0.05) is 18.2 Å². The van der Waals surface area contributed by atoms with Crippen LogP contribution in [-0.4, -0.2) is 21.6 Å². The molecular formula is C20H25NO4S. The van der Waals surface area contributed by atoms with Crippen LogP contribution in [-0.2, 0) is 16.4 Å². The Labute approximate surface area is 155 Å². The fourth-order valence-corrected chi connectivity index (χ4v) is 3.92. The third-order valence-electron chi connectivity index (χ3n) is 4.30. The van der Waals surface area contributed by atoms with Crippen molar-refractivity contribution in [3.63, 3.8) is 0 Å². The van der Waals surface area contributed by atoms with Gasteiger partial charge in [0.05, 0.1) is 18.1 Å². The Balaban J connectivity index is 1.71. The second-order valence-corrected chi connectivity index (χ2v) is 8.10. The molecule has 0 saturated heterocycles. The number of nitrogens with one attached hydrogen (secondary N) is 1. The number of ether oxygens (including phenoxy) is 2. The van der Waals surface area contributed by atoms with Gasteiger partial charge in [0.1, 0.15) is 0 Å². The van der Waals surface area contributed by atoms with Crippen molar-refractivity contribution in [1.82, 2.24) is 0 Å². The largest absolute Gasteiger partial charge is 0.490 e. The van der Waals surface area contributed by atoms with Gasteiger partial charge in [-0.15, -0.1) is 0 Å². The van der Waals surface area contributed by atoms with E-state index in [-0.39, 0.29) is 4.90 Å². The van der Waals surface area contributed by atoms with Gasteiger partial charge in [-0.05, 0) is 42.7 Å². The van der Waals surface area contributed by atoms with Gasteiger partial charge in [-0.25, -0.2) is 8.42 Å². The van der Waals surface area contributed by atoms with Crippen LogP contribution in [0.4, 0.5) is 5.69 Å². The van der Waals surface area contributed by atoms with Crippen molar-refractivity contribution < 1.29 is 17.9 Å². The van der Waals surface area contributed by atoms with Crippen molar-refractivity contribution in [2.24, 2.45) is 0 Å². The summed E-state index contributed by atoms with van der Waals surface area (Å²) in [6.45, 7) is 3.27. The molecule has 1 heterocycles. The molecule has 1 aliphatic rings. The van der Waals surface area contributed by atoms with Crippen molar-refractivity contribution in [2.75, 3.05) is 17.9 Å². The number of hydrogen-bond acceptors (Lipinski definition) is 4. The number of aryl methyl sites for hydroxylation is 1. The summed E-state index contributed by atoms with van der Waals surface area (Å²) in [5.74, 6) is 1.05. The van der Waals surface area contributed by atoms with E-state index in [0.717, 1.165) is 19.3 Å². The Hall–Kier alpha value is -2.21. The van der Waals surface area contributed by atoms with E-state index in [4.69, 9.17) is 9.47 Å². The summed E-state index contributed by atoms with van der Waals surface area (Å²) in [4.78, 5) is 0.161. The maximum atomic E-state index is 12.7. The van der Waals surface area contributed by atoms with Gasteiger partial charge in [-0.2, -0.15) is 0 Å². The molecule has 0 fully saturated rings. The van der Waals surface area contributed by atoms with Crippen LogP contribution in [0.15, 0.2) is 47.4 Å². The second kappa shape index (κ2) is 8.45. The monoisotopic (exact) mass is 375 g/mol. The van der Waals surface area contributed by atoms with Gasteiger partial charge in [0.25, 0.3) is 10.0 Å². The van der Waals surface area contributed by atoms with Crippen molar-refractivity contribution in [3.8, 4) is 11.5 Å². The minimum atomic E-state index is -3.68. The Morgan fingerprint density at radius 1 is 0.962 bits per heavy atom. The van der Waals surface area contributed by atoms with Crippen LogP contribution in [0, 0.1) is 0 Å². The molecular weight excluding hydrogens is 350 g/mol. The van der Waals surface area contributed by atoms with Crippen LogP contribution < -0.4 is 14.2 Å². The highest BCUT2D eigenvalue weighted by atomic mass is 32.2. The maximum absolute atomic E-state index is 12.7. The summed E-state index contributed by atoms with van der Waals surface area (Å²) in [7, 11) is -3.68. The van der Waals surface area contributed by atoms with Gasteiger partial charge >= 0.3 is 0 Å². The molecule has 0 saturated carbocycles. The minimum absolute atomic E-state index is 0.161. The topological polar surface area (TPSA) is 64.6 Å². The highest BCUT2D eigenvalue weighted by Crippen LogP contribution is 2.32. The summed E-state index contributed by atoms with van der Waals surface area (Å²) < 4.78 is 39.1. The predicted octanol–water partition coefficient (Wildman–Crippen LogP) is 4.38. The zero-order valence-electron chi connectivity index (χ0n) is 15.0. The molecule has 2 aromatic carbocycles. The molecule has 0 aromatic heterocycles. The van der Waals surface area contributed by atoms with Gasteiger partial charge in [0.15, 0.2) is 11.5 Å². The standard InChI is InChI=1S/C20H25NO4S/c1-2-3-4-6-16-7-9-17(10-8-16)21-26(22,23)18-11-12-19-20(15-18)25-14-5-13-24-19/h7-12,15,21H,2-6,13-14H2,1H3. The predicted molar refractivity (Wildman–Crippen MR) is 103 cm³/mol. The Morgan fingerprint density at radius 3 is 2.42 bits per heavy atom. The van der Waals surface area contributed by atoms with E-state index in [1.807, 2.05) is 24.3 Å². The third-order valence-corrected chi connectivity index (χ3v) is 5.68. The third kappa shape index (κ3) is 4.69. The molecule has 5 nitrogen and oxygen atoms in total. The lowest BCUT2D eigenvalue weighted by Gasteiger charge is -2.12. The van der Waals surface area contributed by atoms with Crippen LogP contribution in [0.2, 0.25) is 0 Å². The molecule has 0 bridgehead atoms. The lowest BCUT2D eigenvalue weighted by molar-refractivity contribution is 0.297. The molecule has 1 N–H and O–H groups in total. The maximum Gasteiger partial charge on any atom is 0.262 e. The van der Waals surface area contributed by atoms with Crippen LogP contribution in [0.1, 0.15) is 38.2 Å². The molecule has 140 valence electrons. The van der Waals surface area contributed by atoms with E-state index in [2.05, 4.69) is 11.6 Å². The quantitative estimate of drug-likeness (QED) is 0.729. The van der Waals surface area contributed by atoms with Gasteiger partial charge in [-0.3, -0.25) is 4.72 Å². The second-order valence-electron chi connectivity index (χ2n) is 6.42. The van der Waals surface area contributed by atoms with E-state index in [0.29, 0.717) is 30.4 Å². The Kier molecular flexibility index (Phi) is 6.04. The van der Waals surface area contributed by atoms with E-state index in [9.17, 15) is 8.42 Å². The fourth-order valence-electron chi connectivity index (χ4n) is 2.84. The highest BCUT2D eigenvalue weighted by Gasteiger charge is 2.19. The van der Waals surface area contributed by atoms with Crippen LogP contribution in [0.25, 0.3) is 0 Å². The van der Waals surface area contributed by atoms with Crippen LogP contribution in [0.5, 0.6) is 11.5 Å². The van der Waals surface area contributed by atoms with E-state index < -0.39 is 10.0 Å². The molecule has 2 aromatic rings. The smallest absolute Gasteiger partial charge is 0.262 e. The first-order valence-electron chi connectivity index (χ1n) is 9.10. The van der Waals surface area contributed by atoms with Crippen molar-refractivity contribution >= 4 is 15.7 Å². The fraction of sp³-hybridized carbons (Fsp3) is 0.400. The zero-order chi connectivity index (χ0) is 18.4. The first-order valence-corrected chi connectivity index (χ1v) is 10.6. The molecule has 0 unspecified atom stereocenters. The molecule has 6 heteroatoms. The number of rotatable bonds is 7. The van der Waals surface area contributed by atoms with Crippen molar-refractivity contribution in [1.29, 1.82) is 0 Å². The van der Waals surface area contributed by atoms with Gasteiger partial charge in [-0.1, -0.05) is 31.9 Å². The Morgan fingerprint density at radius 2 is 1.69 bits per heavy atom. The number of unbranched alkanes of at least 4 members (excludes halogenated alkanes) is 2. The van der Waals surface area contributed by atoms with Crippen LogP contribution in [0.3, 0.4) is 0 Å².